The minimum absolute atomic E-state index is 0.263. The zero-order valence-corrected chi connectivity index (χ0v) is 16.5. The molecule has 0 spiro atoms. The summed E-state index contributed by atoms with van der Waals surface area (Å²) in [4.78, 5) is 37.9. The minimum Gasteiger partial charge on any atom is -0.480 e. The normalized spacial score (nSPS) is 18.5. The van der Waals surface area contributed by atoms with Crippen molar-refractivity contribution in [2.45, 2.75) is 46.1 Å². The Balaban J connectivity index is 2.74. The van der Waals surface area contributed by atoms with Gasteiger partial charge in [-0.2, -0.15) is 0 Å². The molecule has 0 bridgehead atoms. The topological polar surface area (TPSA) is 115 Å². The highest BCUT2D eigenvalue weighted by molar-refractivity contribution is 7.89. The summed E-state index contributed by atoms with van der Waals surface area (Å²) >= 11 is 0. The Kier molecular flexibility index (Phi) is 8.48. The molecule has 0 aromatic heterocycles. The van der Waals surface area contributed by atoms with Crippen LogP contribution in [0.4, 0.5) is 0 Å². The van der Waals surface area contributed by atoms with Crippen LogP contribution >= 0.6 is 0 Å². The Morgan fingerprint density at radius 1 is 1.12 bits per heavy atom. The van der Waals surface area contributed by atoms with Crippen molar-refractivity contribution in [1.29, 1.82) is 0 Å². The van der Waals surface area contributed by atoms with Gasteiger partial charge in [-0.1, -0.05) is 13.8 Å². The van der Waals surface area contributed by atoms with Crippen LogP contribution in [0.5, 0.6) is 0 Å². The van der Waals surface area contributed by atoms with E-state index in [9.17, 15) is 22.8 Å². The lowest BCUT2D eigenvalue weighted by Gasteiger charge is -2.29. The molecule has 26 heavy (non-hydrogen) atoms. The Bertz CT molecular complexity index is 617. The van der Waals surface area contributed by atoms with Crippen LogP contribution in [0.15, 0.2) is 0 Å². The van der Waals surface area contributed by atoms with Crippen LogP contribution in [0.1, 0.15) is 40.0 Å². The van der Waals surface area contributed by atoms with Crippen molar-refractivity contribution in [1.82, 2.24) is 14.1 Å². The van der Waals surface area contributed by atoms with Gasteiger partial charge >= 0.3 is 5.97 Å². The maximum absolute atomic E-state index is 12.4. The fourth-order valence-corrected chi connectivity index (χ4v) is 4.70. The number of carboxylic acids is 1. The molecule has 0 aromatic carbocycles. The van der Waals surface area contributed by atoms with Crippen molar-refractivity contribution < 1.29 is 27.9 Å². The molecule has 1 saturated heterocycles. The second-order valence-corrected chi connectivity index (χ2v) is 8.32. The lowest BCUT2D eigenvalue weighted by Crippen LogP contribution is -2.44. The SMILES string of the molecule is CCN(CC)S(=O)(=O)CC(=O)N1CCCC(N(CC(=O)O)C(C)=O)CC1. The second-order valence-electron chi connectivity index (χ2n) is 6.35. The number of aliphatic carboxylic acids is 1. The van der Waals surface area contributed by atoms with E-state index in [2.05, 4.69) is 0 Å². The van der Waals surface area contributed by atoms with E-state index in [4.69, 9.17) is 5.11 Å². The van der Waals surface area contributed by atoms with E-state index in [1.54, 1.807) is 13.8 Å². The van der Waals surface area contributed by atoms with Gasteiger partial charge in [0.05, 0.1) is 0 Å². The van der Waals surface area contributed by atoms with Crippen LogP contribution in [0.2, 0.25) is 0 Å². The van der Waals surface area contributed by atoms with Crippen LogP contribution in [0.25, 0.3) is 0 Å². The first-order valence-electron chi connectivity index (χ1n) is 8.86. The summed E-state index contributed by atoms with van der Waals surface area (Å²) in [6, 6.07) is -0.263. The molecule has 1 fully saturated rings. The van der Waals surface area contributed by atoms with Crippen LogP contribution in [0.3, 0.4) is 0 Å². The van der Waals surface area contributed by atoms with Gasteiger partial charge in [-0.05, 0) is 19.3 Å². The molecule has 0 radical (unpaired) electrons. The Morgan fingerprint density at radius 3 is 2.23 bits per heavy atom. The number of rotatable bonds is 8. The smallest absolute Gasteiger partial charge is 0.323 e. The van der Waals surface area contributed by atoms with Crippen LogP contribution in [0, 0.1) is 0 Å². The molecule has 1 unspecified atom stereocenters. The summed E-state index contributed by atoms with van der Waals surface area (Å²) in [5.74, 6) is -2.42. The van der Waals surface area contributed by atoms with Gasteiger partial charge in [0.25, 0.3) is 0 Å². The summed E-state index contributed by atoms with van der Waals surface area (Å²) in [5, 5.41) is 8.97. The zero-order valence-electron chi connectivity index (χ0n) is 15.7. The molecule has 9 nitrogen and oxygen atoms in total. The molecule has 2 amide bonds. The molecule has 1 atom stereocenters. The average Bonchev–Trinajstić information content (AvgIpc) is 2.78. The van der Waals surface area contributed by atoms with Gasteiger partial charge in [-0.15, -0.1) is 0 Å². The standard InChI is InChI=1S/C16H29N3O6S/c1-4-18(5-2)26(24,25)12-15(21)17-9-6-7-14(8-10-17)19(13(3)20)11-16(22)23/h14H,4-12H2,1-3H3,(H,22,23). The predicted octanol–water partition coefficient (Wildman–Crippen LogP) is -0.0278. The number of carbonyl (C=O) groups excluding carboxylic acids is 2. The summed E-state index contributed by atoms with van der Waals surface area (Å²) in [5.41, 5.74) is 0. The van der Waals surface area contributed by atoms with Crippen LogP contribution in [-0.2, 0) is 24.4 Å². The lowest BCUT2D eigenvalue weighted by molar-refractivity contribution is -0.145. The number of sulfonamides is 1. The van der Waals surface area contributed by atoms with Crippen molar-refractivity contribution in [3.05, 3.63) is 0 Å². The molecule has 10 heteroatoms. The molecule has 1 heterocycles. The first-order chi connectivity index (χ1) is 12.1. The van der Waals surface area contributed by atoms with Gasteiger partial charge in [0.2, 0.25) is 21.8 Å². The molecule has 0 aromatic rings. The minimum atomic E-state index is -3.64. The van der Waals surface area contributed by atoms with Crippen molar-refractivity contribution in [3.63, 3.8) is 0 Å². The molecule has 1 aliphatic heterocycles. The largest absolute Gasteiger partial charge is 0.480 e. The molecule has 1 N–H and O–H groups in total. The molecular weight excluding hydrogens is 362 g/mol. The quantitative estimate of drug-likeness (QED) is 0.621. The predicted molar refractivity (Wildman–Crippen MR) is 95.9 cm³/mol. The summed E-state index contributed by atoms with van der Waals surface area (Å²) in [6.07, 6.45) is 1.61. The number of carboxylic acid groups (broad SMARTS) is 1. The zero-order chi connectivity index (χ0) is 19.9. The molecule has 150 valence electrons. The molecule has 1 rings (SSSR count). The second kappa shape index (κ2) is 9.86. The highest BCUT2D eigenvalue weighted by Crippen LogP contribution is 2.18. The number of amides is 2. The van der Waals surface area contributed by atoms with Crippen molar-refractivity contribution >= 4 is 27.8 Å². The van der Waals surface area contributed by atoms with E-state index in [-0.39, 0.29) is 18.5 Å². The van der Waals surface area contributed by atoms with E-state index in [1.807, 2.05) is 0 Å². The van der Waals surface area contributed by atoms with Crippen LogP contribution in [-0.4, -0.2) is 89.9 Å². The van der Waals surface area contributed by atoms with E-state index < -0.39 is 27.7 Å². The van der Waals surface area contributed by atoms with Crippen molar-refractivity contribution in [2.75, 3.05) is 38.5 Å². The fraction of sp³-hybridized carbons (Fsp3) is 0.812. The third-order valence-electron chi connectivity index (χ3n) is 4.61. The summed E-state index contributed by atoms with van der Waals surface area (Å²) in [6.45, 7) is 5.75. The third kappa shape index (κ3) is 6.24. The Hall–Kier alpha value is -1.68. The Morgan fingerprint density at radius 2 is 1.73 bits per heavy atom. The van der Waals surface area contributed by atoms with Crippen molar-refractivity contribution in [3.8, 4) is 0 Å². The van der Waals surface area contributed by atoms with E-state index >= 15 is 0 Å². The summed E-state index contributed by atoms with van der Waals surface area (Å²) in [7, 11) is -3.64. The van der Waals surface area contributed by atoms with Crippen molar-refractivity contribution in [2.24, 2.45) is 0 Å². The highest BCUT2D eigenvalue weighted by atomic mass is 32.2. The average molecular weight is 391 g/mol. The van der Waals surface area contributed by atoms with Crippen LogP contribution < -0.4 is 0 Å². The molecule has 1 aliphatic rings. The fourth-order valence-electron chi connectivity index (χ4n) is 3.24. The first-order valence-corrected chi connectivity index (χ1v) is 10.5. The van der Waals surface area contributed by atoms with Gasteiger partial charge in [-0.25, -0.2) is 12.7 Å². The Labute approximate surface area is 155 Å². The third-order valence-corrected chi connectivity index (χ3v) is 6.52. The number of likely N-dealkylation sites (tertiary alicyclic amines) is 1. The molecule has 0 saturated carbocycles. The number of hydrogen-bond donors (Lipinski definition) is 1. The number of nitrogens with zero attached hydrogens (tertiary/aromatic N) is 3. The van der Waals surface area contributed by atoms with E-state index in [0.717, 1.165) is 0 Å². The monoisotopic (exact) mass is 391 g/mol. The maximum atomic E-state index is 12.4. The van der Waals surface area contributed by atoms with Gasteiger partial charge in [-0.3, -0.25) is 14.4 Å². The van der Waals surface area contributed by atoms with E-state index in [0.29, 0.717) is 45.4 Å². The first kappa shape index (κ1) is 22.4. The highest BCUT2D eigenvalue weighted by Gasteiger charge is 2.30. The molecule has 0 aliphatic carbocycles. The number of hydrogen-bond acceptors (Lipinski definition) is 5. The van der Waals surface area contributed by atoms with Gasteiger partial charge in [0.1, 0.15) is 12.3 Å². The molecular formula is C16H29N3O6S. The summed E-state index contributed by atoms with van der Waals surface area (Å²) < 4.78 is 25.8. The lowest BCUT2D eigenvalue weighted by atomic mass is 10.1. The van der Waals surface area contributed by atoms with Gasteiger partial charge in [0.15, 0.2) is 0 Å². The van der Waals surface area contributed by atoms with Gasteiger partial charge < -0.3 is 14.9 Å². The maximum Gasteiger partial charge on any atom is 0.323 e. The number of carbonyl (C=O) groups is 3. The van der Waals surface area contributed by atoms with Gasteiger partial charge in [0, 0.05) is 39.1 Å². The van der Waals surface area contributed by atoms with E-state index in [1.165, 1.54) is 21.0 Å².